The smallest absolute Gasteiger partial charge is 0.158 e. The summed E-state index contributed by atoms with van der Waals surface area (Å²) in [5, 5.41) is 2.23. The Morgan fingerprint density at radius 2 is 2.00 bits per heavy atom. The van der Waals surface area contributed by atoms with E-state index < -0.39 is 0 Å². The molecule has 0 bridgehead atoms. The average Bonchev–Trinajstić information content (AvgIpc) is 3.03. The van der Waals surface area contributed by atoms with Crippen LogP contribution < -0.4 is 5.73 Å². The van der Waals surface area contributed by atoms with Crippen molar-refractivity contribution < 1.29 is 4.42 Å². The topological polar surface area (TPSA) is 56.5 Å². The molecule has 0 radical (unpaired) electrons. The van der Waals surface area contributed by atoms with E-state index in [1.807, 2.05) is 41.8 Å². The molecule has 0 spiro atoms. The van der Waals surface area contributed by atoms with Crippen molar-refractivity contribution in [3.05, 3.63) is 54.4 Å². The van der Waals surface area contributed by atoms with Crippen molar-refractivity contribution in [1.29, 1.82) is 0 Å². The highest BCUT2D eigenvalue weighted by molar-refractivity contribution is 5.96. The fourth-order valence-corrected chi connectivity index (χ4v) is 2.57. The summed E-state index contributed by atoms with van der Waals surface area (Å²) in [4.78, 5) is 4.69. The predicted octanol–water partition coefficient (Wildman–Crippen LogP) is 3.64. The number of furan rings is 1. The molecule has 3 heterocycles. The van der Waals surface area contributed by atoms with Gasteiger partial charge in [0.15, 0.2) is 5.76 Å². The van der Waals surface area contributed by atoms with Crippen LogP contribution in [0, 0.1) is 6.92 Å². The number of benzene rings is 1. The Hall–Kier alpha value is -2.75. The average molecular weight is 263 g/mol. The summed E-state index contributed by atoms with van der Waals surface area (Å²) in [6.45, 7) is 1.99. The first-order valence-electron chi connectivity index (χ1n) is 6.45. The Balaban J connectivity index is 2.13. The summed E-state index contributed by atoms with van der Waals surface area (Å²) in [6, 6.07) is 12.1. The lowest BCUT2D eigenvalue weighted by Crippen LogP contribution is -1.94. The fraction of sp³-hybridized carbons (Fsp3) is 0.0625. The molecular weight excluding hydrogens is 250 g/mol. The zero-order valence-electron chi connectivity index (χ0n) is 11.0. The van der Waals surface area contributed by atoms with Gasteiger partial charge in [0.1, 0.15) is 17.2 Å². The molecule has 0 aliphatic heterocycles. The standard InChI is InChI=1S/C16H13N3O/c1-10-7-9-20-14(10)13-15(17)19-8-6-11-4-2-3-5-12(11)16(19)18-13/h2-9H,17H2,1H3. The number of anilines is 1. The molecule has 0 unspecified atom stereocenters. The van der Waals surface area contributed by atoms with Gasteiger partial charge in [0.2, 0.25) is 0 Å². The van der Waals surface area contributed by atoms with Crippen LogP contribution in [0.5, 0.6) is 0 Å². The van der Waals surface area contributed by atoms with Crippen molar-refractivity contribution in [2.45, 2.75) is 6.92 Å². The number of nitrogens with zero attached hydrogens (tertiary/aromatic N) is 2. The molecule has 3 aromatic heterocycles. The predicted molar refractivity (Wildman–Crippen MR) is 79.5 cm³/mol. The minimum Gasteiger partial charge on any atom is -0.462 e. The number of rotatable bonds is 1. The summed E-state index contributed by atoms with van der Waals surface area (Å²) in [6.07, 6.45) is 3.61. The molecule has 0 atom stereocenters. The fourth-order valence-electron chi connectivity index (χ4n) is 2.57. The number of fused-ring (bicyclic) bond motifs is 3. The normalized spacial score (nSPS) is 11.4. The van der Waals surface area contributed by atoms with Crippen LogP contribution in [0.2, 0.25) is 0 Å². The first kappa shape index (κ1) is 11.1. The van der Waals surface area contributed by atoms with Crippen LogP contribution in [0.4, 0.5) is 5.82 Å². The van der Waals surface area contributed by atoms with Crippen LogP contribution in [-0.2, 0) is 0 Å². The van der Waals surface area contributed by atoms with Gasteiger partial charge in [-0.1, -0.05) is 24.3 Å². The van der Waals surface area contributed by atoms with E-state index in [1.165, 1.54) is 0 Å². The Morgan fingerprint density at radius 1 is 1.15 bits per heavy atom. The van der Waals surface area contributed by atoms with Crippen LogP contribution in [0.1, 0.15) is 5.56 Å². The molecule has 98 valence electrons. The lowest BCUT2D eigenvalue weighted by molar-refractivity contribution is 0.579. The van der Waals surface area contributed by atoms with Gasteiger partial charge in [0.25, 0.3) is 0 Å². The Labute approximate surface area is 115 Å². The van der Waals surface area contributed by atoms with Crippen molar-refractivity contribution in [2.75, 3.05) is 5.73 Å². The van der Waals surface area contributed by atoms with Crippen LogP contribution in [-0.4, -0.2) is 9.38 Å². The van der Waals surface area contributed by atoms with Gasteiger partial charge in [0.05, 0.1) is 6.26 Å². The summed E-state index contributed by atoms with van der Waals surface area (Å²) in [5.74, 6) is 1.33. The lowest BCUT2D eigenvalue weighted by Gasteiger charge is -2.00. The molecule has 0 fully saturated rings. The molecule has 4 heteroatoms. The lowest BCUT2D eigenvalue weighted by atomic mass is 10.2. The first-order valence-corrected chi connectivity index (χ1v) is 6.45. The van der Waals surface area contributed by atoms with Gasteiger partial charge in [-0.3, -0.25) is 4.40 Å². The van der Waals surface area contributed by atoms with Gasteiger partial charge in [-0.2, -0.15) is 0 Å². The highest BCUT2D eigenvalue weighted by atomic mass is 16.3. The molecule has 2 N–H and O–H groups in total. The Bertz CT molecular complexity index is 933. The van der Waals surface area contributed by atoms with E-state index in [9.17, 15) is 0 Å². The van der Waals surface area contributed by atoms with Crippen molar-refractivity contribution in [3.8, 4) is 11.5 Å². The summed E-state index contributed by atoms with van der Waals surface area (Å²) < 4.78 is 7.42. The second-order valence-electron chi connectivity index (χ2n) is 4.87. The first-order chi connectivity index (χ1) is 9.75. The van der Waals surface area contributed by atoms with E-state index in [2.05, 4.69) is 17.1 Å². The van der Waals surface area contributed by atoms with Gasteiger partial charge >= 0.3 is 0 Å². The molecule has 0 saturated heterocycles. The van der Waals surface area contributed by atoms with E-state index in [0.29, 0.717) is 11.5 Å². The third-order valence-corrected chi connectivity index (χ3v) is 3.63. The number of imidazole rings is 1. The largest absolute Gasteiger partial charge is 0.462 e. The number of aryl methyl sites for hydroxylation is 1. The molecule has 0 aliphatic rings. The van der Waals surface area contributed by atoms with Crippen molar-refractivity contribution in [2.24, 2.45) is 0 Å². The van der Waals surface area contributed by atoms with Crippen LogP contribution in [0.25, 0.3) is 27.9 Å². The summed E-state index contributed by atoms with van der Waals surface area (Å²) >= 11 is 0. The molecule has 0 amide bonds. The molecule has 4 rings (SSSR count). The molecule has 0 aliphatic carbocycles. The third kappa shape index (κ3) is 1.39. The number of hydrogen-bond acceptors (Lipinski definition) is 3. The third-order valence-electron chi connectivity index (χ3n) is 3.63. The number of pyridine rings is 1. The maximum absolute atomic E-state index is 6.23. The highest BCUT2D eigenvalue weighted by Crippen LogP contribution is 2.31. The number of aromatic nitrogens is 2. The zero-order chi connectivity index (χ0) is 13.7. The van der Waals surface area contributed by atoms with E-state index in [1.54, 1.807) is 6.26 Å². The second kappa shape index (κ2) is 3.87. The maximum atomic E-state index is 6.23. The van der Waals surface area contributed by atoms with Crippen molar-refractivity contribution in [1.82, 2.24) is 9.38 Å². The molecule has 4 aromatic rings. The quantitative estimate of drug-likeness (QED) is 0.570. The van der Waals surface area contributed by atoms with Crippen LogP contribution in [0.15, 0.2) is 53.3 Å². The minimum atomic E-state index is 0.601. The van der Waals surface area contributed by atoms with E-state index in [4.69, 9.17) is 10.2 Å². The van der Waals surface area contributed by atoms with Crippen LogP contribution >= 0.6 is 0 Å². The second-order valence-corrected chi connectivity index (χ2v) is 4.87. The Kier molecular flexibility index (Phi) is 2.15. The monoisotopic (exact) mass is 263 g/mol. The van der Waals surface area contributed by atoms with E-state index >= 15 is 0 Å². The zero-order valence-corrected chi connectivity index (χ0v) is 11.0. The SMILES string of the molecule is Cc1ccoc1-c1nc2c3ccccc3ccn2c1N. The maximum Gasteiger partial charge on any atom is 0.158 e. The van der Waals surface area contributed by atoms with E-state index in [-0.39, 0.29) is 0 Å². The van der Waals surface area contributed by atoms with Gasteiger partial charge in [-0.25, -0.2) is 4.98 Å². The van der Waals surface area contributed by atoms with E-state index in [0.717, 1.165) is 27.7 Å². The minimum absolute atomic E-state index is 0.601. The summed E-state index contributed by atoms with van der Waals surface area (Å²) in [7, 11) is 0. The van der Waals surface area contributed by atoms with Gasteiger partial charge < -0.3 is 10.2 Å². The summed E-state index contributed by atoms with van der Waals surface area (Å²) in [5.41, 5.74) is 8.81. The van der Waals surface area contributed by atoms with Gasteiger partial charge in [-0.15, -0.1) is 0 Å². The van der Waals surface area contributed by atoms with Crippen molar-refractivity contribution in [3.63, 3.8) is 0 Å². The van der Waals surface area contributed by atoms with Crippen molar-refractivity contribution >= 4 is 22.2 Å². The van der Waals surface area contributed by atoms with Gasteiger partial charge in [0, 0.05) is 11.6 Å². The number of nitrogen functional groups attached to an aromatic ring is 1. The molecule has 4 nitrogen and oxygen atoms in total. The molecule has 1 aromatic carbocycles. The number of hydrogen-bond donors (Lipinski definition) is 1. The molecule has 20 heavy (non-hydrogen) atoms. The van der Waals surface area contributed by atoms with Gasteiger partial charge in [-0.05, 0) is 30.0 Å². The Morgan fingerprint density at radius 3 is 2.80 bits per heavy atom. The highest BCUT2D eigenvalue weighted by Gasteiger charge is 2.17. The molecule has 0 saturated carbocycles. The molecular formula is C16H13N3O. The number of nitrogens with two attached hydrogens (primary N) is 1. The van der Waals surface area contributed by atoms with Crippen LogP contribution in [0.3, 0.4) is 0 Å².